The number of aromatic nitrogens is 1. The zero-order chi connectivity index (χ0) is 23.2. The van der Waals surface area contributed by atoms with Gasteiger partial charge in [-0.25, -0.2) is 4.98 Å². The first-order valence-electron chi connectivity index (χ1n) is 10.9. The number of hydrogen-bond donors (Lipinski definition) is 1. The molecule has 1 saturated heterocycles. The average molecular weight is 463 g/mol. The van der Waals surface area contributed by atoms with Crippen LogP contribution in [0.3, 0.4) is 0 Å². The zero-order valence-electron chi connectivity index (χ0n) is 18.5. The first kappa shape index (κ1) is 22.7. The summed E-state index contributed by atoms with van der Waals surface area (Å²) in [6, 6.07) is 16.5. The third kappa shape index (κ3) is 5.84. The van der Waals surface area contributed by atoms with Gasteiger partial charge in [-0.3, -0.25) is 19.7 Å². The Morgan fingerprint density at radius 3 is 2.45 bits per heavy atom. The molecule has 0 unspecified atom stereocenters. The van der Waals surface area contributed by atoms with Gasteiger partial charge >= 0.3 is 0 Å². The predicted octanol–water partition coefficient (Wildman–Crippen LogP) is 3.62. The molecule has 0 atom stereocenters. The number of nitrogens with zero attached hydrogens (tertiary/aromatic N) is 3. The molecule has 0 aliphatic carbocycles. The van der Waals surface area contributed by atoms with Crippen LogP contribution < -0.4 is 5.32 Å². The van der Waals surface area contributed by atoms with Crippen molar-refractivity contribution in [1.82, 2.24) is 14.8 Å². The van der Waals surface area contributed by atoms with E-state index in [2.05, 4.69) is 10.3 Å². The highest BCUT2D eigenvalue weighted by atomic mass is 32.1. The molecule has 0 spiro atoms. The summed E-state index contributed by atoms with van der Waals surface area (Å²) in [4.78, 5) is 46.0. The highest BCUT2D eigenvalue weighted by Gasteiger charge is 2.23. The van der Waals surface area contributed by atoms with Gasteiger partial charge in [0.1, 0.15) is 0 Å². The summed E-state index contributed by atoms with van der Waals surface area (Å²) < 4.78 is 0. The number of carbonyl (C=O) groups is 3. The zero-order valence-corrected chi connectivity index (χ0v) is 19.3. The largest absolute Gasteiger partial charge is 0.341 e. The number of nitrogens with one attached hydrogen (secondary N) is 1. The minimum Gasteiger partial charge on any atom is -0.341 e. The second kappa shape index (κ2) is 10.4. The summed E-state index contributed by atoms with van der Waals surface area (Å²) in [6.45, 7) is 4.21. The number of carbonyl (C=O) groups excluding carboxylic acids is 3. The van der Waals surface area contributed by atoms with E-state index in [0.717, 1.165) is 12.0 Å². The van der Waals surface area contributed by atoms with E-state index in [1.165, 1.54) is 11.3 Å². The summed E-state index contributed by atoms with van der Waals surface area (Å²) >= 11 is 1.30. The smallest absolute Gasteiger partial charge is 0.257 e. The second-order valence-electron chi connectivity index (χ2n) is 8.04. The molecule has 2 heterocycles. The average Bonchev–Trinajstić information content (AvgIpc) is 3.10. The van der Waals surface area contributed by atoms with E-state index in [0.29, 0.717) is 48.1 Å². The lowest BCUT2D eigenvalue weighted by atomic mass is 10.1. The summed E-state index contributed by atoms with van der Waals surface area (Å²) in [5, 5.41) is 5.04. The van der Waals surface area contributed by atoms with Gasteiger partial charge in [0.2, 0.25) is 5.91 Å². The van der Waals surface area contributed by atoms with Crippen LogP contribution in [0.5, 0.6) is 0 Å². The van der Waals surface area contributed by atoms with E-state index < -0.39 is 0 Å². The Bertz CT molecular complexity index is 1150. The standard InChI is InChI=1S/C25H26N4O3S/c1-18-7-5-10-20(15-18)24(32)29-12-6-11-28(13-14-29)22(30)16-21-17-33-25(26-21)27-23(31)19-8-3-2-4-9-19/h2-5,7-10,15,17H,6,11-14,16H2,1H3,(H,26,27,31). The van der Waals surface area contributed by atoms with Gasteiger partial charge in [0.05, 0.1) is 12.1 Å². The molecule has 1 aliphatic rings. The molecule has 2 aromatic carbocycles. The Morgan fingerprint density at radius 2 is 1.67 bits per heavy atom. The molecule has 3 amide bonds. The van der Waals surface area contributed by atoms with Gasteiger partial charge in [-0.2, -0.15) is 0 Å². The van der Waals surface area contributed by atoms with Gasteiger partial charge in [-0.05, 0) is 37.6 Å². The molecule has 170 valence electrons. The van der Waals surface area contributed by atoms with E-state index in [4.69, 9.17) is 0 Å². The first-order valence-corrected chi connectivity index (χ1v) is 11.8. The van der Waals surface area contributed by atoms with Crippen molar-refractivity contribution < 1.29 is 14.4 Å². The SMILES string of the molecule is Cc1cccc(C(=O)N2CCCN(C(=O)Cc3csc(NC(=O)c4ccccc4)n3)CC2)c1. The maximum Gasteiger partial charge on any atom is 0.257 e. The monoisotopic (exact) mass is 462 g/mol. The molecule has 0 radical (unpaired) electrons. The van der Waals surface area contributed by atoms with Crippen LogP contribution in [-0.4, -0.2) is 58.7 Å². The normalized spacial score (nSPS) is 14.0. The van der Waals surface area contributed by atoms with Crippen LogP contribution in [0.15, 0.2) is 60.0 Å². The number of amides is 3. The third-order valence-corrected chi connectivity index (χ3v) is 6.35. The maximum absolute atomic E-state index is 12.9. The molecule has 0 bridgehead atoms. The van der Waals surface area contributed by atoms with E-state index >= 15 is 0 Å². The van der Waals surface area contributed by atoms with Crippen molar-refractivity contribution in [3.63, 3.8) is 0 Å². The topological polar surface area (TPSA) is 82.6 Å². The highest BCUT2D eigenvalue weighted by molar-refractivity contribution is 7.14. The van der Waals surface area contributed by atoms with Crippen LogP contribution in [0, 0.1) is 6.92 Å². The second-order valence-corrected chi connectivity index (χ2v) is 8.90. The molecule has 8 heteroatoms. The van der Waals surface area contributed by atoms with Crippen molar-refractivity contribution in [3.05, 3.63) is 82.4 Å². The Morgan fingerprint density at radius 1 is 0.939 bits per heavy atom. The van der Waals surface area contributed by atoms with E-state index in [9.17, 15) is 14.4 Å². The van der Waals surface area contributed by atoms with Crippen LogP contribution in [0.1, 0.15) is 38.4 Å². The van der Waals surface area contributed by atoms with Gasteiger partial charge in [0, 0.05) is 42.7 Å². The van der Waals surface area contributed by atoms with Crippen LogP contribution in [0.4, 0.5) is 5.13 Å². The summed E-state index contributed by atoms with van der Waals surface area (Å²) in [5.74, 6) is -0.244. The number of thiazole rings is 1. The van der Waals surface area contributed by atoms with Crippen molar-refractivity contribution in [2.45, 2.75) is 19.8 Å². The number of benzene rings is 2. The fourth-order valence-corrected chi connectivity index (χ4v) is 4.51. The van der Waals surface area contributed by atoms with E-state index in [-0.39, 0.29) is 24.1 Å². The van der Waals surface area contributed by atoms with Gasteiger partial charge < -0.3 is 9.80 Å². The fourth-order valence-electron chi connectivity index (χ4n) is 3.80. The molecule has 1 N–H and O–H groups in total. The summed E-state index contributed by atoms with van der Waals surface area (Å²) in [7, 11) is 0. The highest BCUT2D eigenvalue weighted by Crippen LogP contribution is 2.18. The molecular weight excluding hydrogens is 436 g/mol. The lowest BCUT2D eigenvalue weighted by Gasteiger charge is -2.22. The summed E-state index contributed by atoms with van der Waals surface area (Å²) in [5.41, 5.74) is 2.92. The molecule has 33 heavy (non-hydrogen) atoms. The lowest BCUT2D eigenvalue weighted by molar-refractivity contribution is -0.130. The van der Waals surface area contributed by atoms with Gasteiger partial charge in [-0.1, -0.05) is 35.9 Å². The van der Waals surface area contributed by atoms with Crippen LogP contribution >= 0.6 is 11.3 Å². The van der Waals surface area contributed by atoms with Crippen molar-refractivity contribution in [3.8, 4) is 0 Å². The summed E-state index contributed by atoms with van der Waals surface area (Å²) in [6.07, 6.45) is 0.905. The van der Waals surface area contributed by atoms with E-state index in [1.54, 1.807) is 34.5 Å². The number of rotatable bonds is 5. The molecule has 1 fully saturated rings. The molecule has 1 aromatic heterocycles. The van der Waals surface area contributed by atoms with Gasteiger partial charge in [0.25, 0.3) is 11.8 Å². The van der Waals surface area contributed by atoms with Crippen molar-refractivity contribution in [2.24, 2.45) is 0 Å². The Kier molecular flexibility index (Phi) is 7.14. The van der Waals surface area contributed by atoms with Gasteiger partial charge in [-0.15, -0.1) is 11.3 Å². The van der Waals surface area contributed by atoms with E-state index in [1.807, 2.05) is 42.2 Å². The van der Waals surface area contributed by atoms with Crippen molar-refractivity contribution >= 4 is 34.2 Å². The molecule has 1 aliphatic heterocycles. The van der Waals surface area contributed by atoms with Crippen molar-refractivity contribution in [1.29, 1.82) is 0 Å². The lowest BCUT2D eigenvalue weighted by Crippen LogP contribution is -2.38. The Labute approximate surface area is 197 Å². The molecule has 0 saturated carbocycles. The van der Waals surface area contributed by atoms with Crippen LogP contribution in [0.2, 0.25) is 0 Å². The number of anilines is 1. The van der Waals surface area contributed by atoms with Gasteiger partial charge in [0.15, 0.2) is 5.13 Å². The predicted molar refractivity (Wildman–Crippen MR) is 128 cm³/mol. The molecule has 7 nitrogen and oxygen atoms in total. The quantitative estimate of drug-likeness (QED) is 0.628. The molecule has 3 aromatic rings. The first-order chi connectivity index (χ1) is 16.0. The number of aryl methyl sites for hydroxylation is 1. The third-order valence-electron chi connectivity index (χ3n) is 5.54. The minimum atomic E-state index is -0.228. The maximum atomic E-state index is 12.9. The van der Waals surface area contributed by atoms with Crippen LogP contribution in [0.25, 0.3) is 0 Å². The Hall–Kier alpha value is -3.52. The Balaban J connectivity index is 1.31. The van der Waals surface area contributed by atoms with Crippen LogP contribution in [-0.2, 0) is 11.2 Å². The molecular formula is C25H26N4O3S. The van der Waals surface area contributed by atoms with Crippen molar-refractivity contribution in [2.75, 3.05) is 31.5 Å². The molecule has 4 rings (SSSR count). The number of hydrogen-bond acceptors (Lipinski definition) is 5. The fraction of sp³-hybridized carbons (Fsp3) is 0.280. The minimum absolute atomic E-state index is 0.00583.